The molecular formula is C16H13N. The topological polar surface area (TPSA) is 26.0 Å². The van der Waals surface area contributed by atoms with Crippen LogP contribution < -0.4 is 5.73 Å². The first-order valence-electron chi connectivity index (χ1n) is 6.06. The summed E-state index contributed by atoms with van der Waals surface area (Å²) in [4.78, 5) is 0. The zero-order valence-corrected chi connectivity index (χ0v) is 9.53. The Morgan fingerprint density at radius 3 is 2.76 bits per heavy atom. The SMILES string of the molecule is Nc1ccc2c3c4c(cccc4cc2c1)CC3. The van der Waals surface area contributed by atoms with Crippen LogP contribution in [0.5, 0.6) is 0 Å². The van der Waals surface area contributed by atoms with Gasteiger partial charge >= 0.3 is 0 Å². The molecule has 0 fully saturated rings. The molecule has 0 radical (unpaired) electrons. The Labute approximate surface area is 99.9 Å². The van der Waals surface area contributed by atoms with Crippen LogP contribution in [-0.4, -0.2) is 0 Å². The van der Waals surface area contributed by atoms with Crippen molar-refractivity contribution >= 4 is 27.2 Å². The fourth-order valence-electron chi connectivity index (χ4n) is 3.11. The van der Waals surface area contributed by atoms with Gasteiger partial charge in [-0.05, 0) is 63.7 Å². The van der Waals surface area contributed by atoms with Gasteiger partial charge in [0.25, 0.3) is 0 Å². The molecule has 1 heteroatoms. The molecular weight excluding hydrogens is 206 g/mol. The van der Waals surface area contributed by atoms with Crippen molar-refractivity contribution in [3.63, 3.8) is 0 Å². The van der Waals surface area contributed by atoms with Crippen molar-refractivity contribution in [2.24, 2.45) is 0 Å². The summed E-state index contributed by atoms with van der Waals surface area (Å²) in [5, 5.41) is 5.47. The van der Waals surface area contributed by atoms with Gasteiger partial charge in [-0.2, -0.15) is 0 Å². The lowest BCUT2D eigenvalue weighted by molar-refractivity contribution is 1.03. The van der Waals surface area contributed by atoms with E-state index in [0.29, 0.717) is 0 Å². The number of nitrogens with two attached hydrogens (primary N) is 1. The maximum Gasteiger partial charge on any atom is 0.0320 e. The molecule has 1 aliphatic carbocycles. The molecule has 0 spiro atoms. The molecule has 1 aliphatic rings. The second kappa shape index (κ2) is 3.01. The van der Waals surface area contributed by atoms with Crippen LogP contribution in [-0.2, 0) is 12.8 Å². The molecule has 0 heterocycles. The summed E-state index contributed by atoms with van der Waals surface area (Å²) in [6, 6.07) is 15.1. The van der Waals surface area contributed by atoms with Crippen LogP contribution in [0.1, 0.15) is 11.1 Å². The average Bonchev–Trinajstić information content (AvgIpc) is 2.75. The minimum Gasteiger partial charge on any atom is -0.399 e. The van der Waals surface area contributed by atoms with E-state index in [1.807, 2.05) is 6.07 Å². The van der Waals surface area contributed by atoms with Gasteiger partial charge in [0.15, 0.2) is 0 Å². The number of fused-ring (bicyclic) bond motifs is 2. The van der Waals surface area contributed by atoms with Gasteiger partial charge in [0, 0.05) is 5.69 Å². The zero-order chi connectivity index (χ0) is 11.4. The summed E-state index contributed by atoms with van der Waals surface area (Å²) in [6.45, 7) is 0. The highest BCUT2D eigenvalue weighted by Crippen LogP contribution is 2.36. The lowest BCUT2D eigenvalue weighted by atomic mass is 9.97. The minimum atomic E-state index is 0.846. The van der Waals surface area contributed by atoms with Crippen LogP contribution in [0.4, 0.5) is 5.69 Å². The number of hydrogen-bond donors (Lipinski definition) is 1. The van der Waals surface area contributed by atoms with Crippen molar-refractivity contribution in [3.8, 4) is 0 Å². The van der Waals surface area contributed by atoms with Crippen LogP contribution in [0.3, 0.4) is 0 Å². The summed E-state index contributed by atoms with van der Waals surface area (Å²) in [5.74, 6) is 0. The predicted octanol–water partition coefficient (Wildman–Crippen LogP) is 3.67. The van der Waals surface area contributed by atoms with Crippen LogP contribution in [0.2, 0.25) is 0 Å². The van der Waals surface area contributed by atoms with E-state index in [0.717, 1.165) is 12.1 Å². The van der Waals surface area contributed by atoms with Crippen molar-refractivity contribution in [1.82, 2.24) is 0 Å². The molecule has 17 heavy (non-hydrogen) atoms. The van der Waals surface area contributed by atoms with Gasteiger partial charge in [0.1, 0.15) is 0 Å². The number of anilines is 1. The molecule has 82 valence electrons. The standard InChI is InChI=1S/C16H13N/c17-13-5-7-14-12(9-13)8-11-3-1-2-10-4-6-15(14)16(10)11/h1-3,5,7-9H,4,6,17H2. The molecule has 0 bridgehead atoms. The van der Waals surface area contributed by atoms with Gasteiger partial charge in [-0.15, -0.1) is 0 Å². The fraction of sp³-hybridized carbons (Fsp3) is 0.125. The van der Waals surface area contributed by atoms with Crippen molar-refractivity contribution in [2.45, 2.75) is 12.8 Å². The van der Waals surface area contributed by atoms with Crippen LogP contribution >= 0.6 is 0 Å². The Morgan fingerprint density at radius 2 is 1.82 bits per heavy atom. The highest BCUT2D eigenvalue weighted by atomic mass is 14.5. The number of benzene rings is 3. The Morgan fingerprint density at radius 1 is 0.882 bits per heavy atom. The fourth-order valence-corrected chi connectivity index (χ4v) is 3.11. The molecule has 0 unspecified atom stereocenters. The van der Waals surface area contributed by atoms with E-state index in [1.54, 1.807) is 0 Å². The molecule has 1 nitrogen and oxygen atoms in total. The largest absolute Gasteiger partial charge is 0.399 e. The number of rotatable bonds is 0. The van der Waals surface area contributed by atoms with Gasteiger partial charge < -0.3 is 5.73 Å². The van der Waals surface area contributed by atoms with Crippen molar-refractivity contribution in [3.05, 3.63) is 53.6 Å². The van der Waals surface area contributed by atoms with E-state index in [9.17, 15) is 0 Å². The van der Waals surface area contributed by atoms with Gasteiger partial charge in [-0.25, -0.2) is 0 Å². The molecule has 0 aromatic heterocycles. The van der Waals surface area contributed by atoms with E-state index in [1.165, 1.54) is 39.1 Å². The maximum atomic E-state index is 5.87. The van der Waals surface area contributed by atoms with Crippen molar-refractivity contribution in [2.75, 3.05) is 5.73 Å². The molecule has 0 amide bonds. The summed E-state index contributed by atoms with van der Waals surface area (Å²) in [7, 11) is 0. The second-order valence-corrected chi connectivity index (χ2v) is 4.85. The zero-order valence-electron chi connectivity index (χ0n) is 9.53. The first-order chi connectivity index (χ1) is 8.33. The monoisotopic (exact) mass is 219 g/mol. The highest BCUT2D eigenvalue weighted by molar-refractivity contribution is 6.05. The number of hydrogen-bond acceptors (Lipinski definition) is 1. The lowest BCUT2D eigenvalue weighted by Gasteiger charge is -2.07. The molecule has 0 aliphatic heterocycles. The van der Waals surface area contributed by atoms with Gasteiger partial charge in [0.05, 0.1) is 0 Å². The Hall–Kier alpha value is -2.02. The first-order valence-corrected chi connectivity index (χ1v) is 6.06. The minimum absolute atomic E-state index is 0.846. The van der Waals surface area contributed by atoms with Crippen LogP contribution in [0.15, 0.2) is 42.5 Å². The van der Waals surface area contributed by atoms with E-state index in [2.05, 4.69) is 36.4 Å². The van der Waals surface area contributed by atoms with Crippen molar-refractivity contribution < 1.29 is 0 Å². The van der Waals surface area contributed by atoms with E-state index in [4.69, 9.17) is 5.73 Å². The average molecular weight is 219 g/mol. The highest BCUT2D eigenvalue weighted by Gasteiger charge is 2.16. The number of aryl methyl sites for hydroxylation is 2. The number of nitrogen functional groups attached to an aromatic ring is 1. The third-order valence-corrected chi connectivity index (χ3v) is 3.84. The predicted molar refractivity (Wildman–Crippen MR) is 73.3 cm³/mol. The molecule has 2 N–H and O–H groups in total. The van der Waals surface area contributed by atoms with Gasteiger partial charge in [0.2, 0.25) is 0 Å². The van der Waals surface area contributed by atoms with Gasteiger partial charge in [-0.3, -0.25) is 0 Å². The molecule has 4 rings (SSSR count). The first kappa shape index (κ1) is 9.06. The quantitative estimate of drug-likeness (QED) is 0.453. The molecule has 3 aromatic rings. The third kappa shape index (κ3) is 1.14. The Balaban J connectivity index is 2.28. The maximum absolute atomic E-state index is 5.87. The van der Waals surface area contributed by atoms with Crippen LogP contribution in [0, 0.1) is 0 Å². The Bertz CT molecular complexity index is 756. The molecule has 0 saturated carbocycles. The Kier molecular flexibility index (Phi) is 1.60. The summed E-state index contributed by atoms with van der Waals surface area (Å²) in [5.41, 5.74) is 9.72. The summed E-state index contributed by atoms with van der Waals surface area (Å²) in [6.07, 6.45) is 2.34. The second-order valence-electron chi connectivity index (χ2n) is 4.85. The third-order valence-electron chi connectivity index (χ3n) is 3.84. The summed E-state index contributed by atoms with van der Waals surface area (Å²) < 4.78 is 0. The van der Waals surface area contributed by atoms with E-state index < -0.39 is 0 Å². The van der Waals surface area contributed by atoms with Gasteiger partial charge in [-0.1, -0.05) is 24.3 Å². The van der Waals surface area contributed by atoms with Crippen molar-refractivity contribution in [1.29, 1.82) is 0 Å². The molecule has 0 saturated heterocycles. The lowest BCUT2D eigenvalue weighted by Crippen LogP contribution is -1.87. The van der Waals surface area contributed by atoms with E-state index in [-0.39, 0.29) is 0 Å². The normalized spacial score (nSPS) is 13.6. The molecule has 0 atom stereocenters. The molecule has 3 aromatic carbocycles. The summed E-state index contributed by atoms with van der Waals surface area (Å²) >= 11 is 0. The van der Waals surface area contributed by atoms with E-state index >= 15 is 0 Å². The van der Waals surface area contributed by atoms with Crippen LogP contribution in [0.25, 0.3) is 21.5 Å². The smallest absolute Gasteiger partial charge is 0.0320 e.